The third kappa shape index (κ3) is 1.89. The molecular weight excluding hydrogens is 252 g/mol. The van der Waals surface area contributed by atoms with Crippen LogP contribution in [0.1, 0.15) is 5.56 Å². The van der Waals surface area contributed by atoms with Gasteiger partial charge in [-0.25, -0.2) is 4.68 Å². The number of halogens is 1. The van der Waals surface area contributed by atoms with Crippen LogP contribution < -0.4 is 5.56 Å². The topological polar surface area (TPSA) is 63.6 Å². The standard InChI is InChI=1S/C12H9ClN4O/c13-10-3-1-8(2-4-10)7-17-12(18)11-9(6-15-17)5-14-16-11/h1-6H,7H2,(H,14,16). The number of aromatic nitrogens is 4. The SMILES string of the molecule is O=c1c2[nH]ncc2cnn1Cc1ccc(Cl)cc1. The summed E-state index contributed by atoms with van der Waals surface area (Å²) in [5.41, 5.74) is 1.26. The predicted molar refractivity (Wildman–Crippen MR) is 68.7 cm³/mol. The maximum Gasteiger partial charge on any atom is 0.292 e. The number of rotatable bonds is 2. The zero-order chi connectivity index (χ0) is 12.5. The van der Waals surface area contributed by atoms with Gasteiger partial charge in [0.05, 0.1) is 18.9 Å². The first kappa shape index (κ1) is 11.0. The normalized spacial score (nSPS) is 10.9. The fourth-order valence-corrected chi connectivity index (χ4v) is 1.88. The first-order valence-corrected chi connectivity index (χ1v) is 5.75. The summed E-state index contributed by atoms with van der Waals surface area (Å²) in [4.78, 5) is 12.1. The third-order valence-corrected chi connectivity index (χ3v) is 2.95. The maximum atomic E-state index is 12.1. The van der Waals surface area contributed by atoms with Crippen molar-refractivity contribution < 1.29 is 0 Å². The van der Waals surface area contributed by atoms with Crippen molar-refractivity contribution in [1.82, 2.24) is 20.0 Å². The van der Waals surface area contributed by atoms with Crippen LogP contribution >= 0.6 is 11.6 Å². The summed E-state index contributed by atoms with van der Waals surface area (Å²) in [5, 5.41) is 12.0. The molecule has 90 valence electrons. The fourth-order valence-electron chi connectivity index (χ4n) is 1.75. The van der Waals surface area contributed by atoms with Crippen LogP contribution in [-0.4, -0.2) is 20.0 Å². The summed E-state index contributed by atoms with van der Waals surface area (Å²) in [5.74, 6) is 0. The van der Waals surface area contributed by atoms with Crippen LogP contribution in [-0.2, 0) is 6.54 Å². The summed E-state index contributed by atoms with van der Waals surface area (Å²) < 4.78 is 1.39. The number of H-pyrrole nitrogens is 1. The molecule has 0 saturated carbocycles. The molecule has 18 heavy (non-hydrogen) atoms. The minimum Gasteiger partial charge on any atom is -0.272 e. The van der Waals surface area contributed by atoms with Gasteiger partial charge in [0.25, 0.3) is 5.56 Å². The molecule has 0 atom stereocenters. The van der Waals surface area contributed by atoms with Gasteiger partial charge < -0.3 is 0 Å². The van der Waals surface area contributed by atoms with Crippen molar-refractivity contribution in [1.29, 1.82) is 0 Å². The van der Waals surface area contributed by atoms with Crippen LogP contribution in [0, 0.1) is 0 Å². The van der Waals surface area contributed by atoms with Crippen LogP contribution in [0.15, 0.2) is 41.5 Å². The summed E-state index contributed by atoms with van der Waals surface area (Å²) in [6.45, 7) is 0.408. The second kappa shape index (κ2) is 4.27. The molecule has 0 fully saturated rings. The third-order valence-electron chi connectivity index (χ3n) is 2.70. The van der Waals surface area contributed by atoms with Crippen molar-refractivity contribution in [2.75, 3.05) is 0 Å². The molecule has 0 saturated heterocycles. The zero-order valence-corrected chi connectivity index (χ0v) is 10.1. The Morgan fingerprint density at radius 2 is 2.00 bits per heavy atom. The van der Waals surface area contributed by atoms with Gasteiger partial charge >= 0.3 is 0 Å². The molecule has 0 aliphatic rings. The molecule has 0 bridgehead atoms. The zero-order valence-electron chi connectivity index (χ0n) is 9.30. The molecule has 2 aromatic heterocycles. The average molecular weight is 261 g/mol. The second-order valence-electron chi connectivity index (χ2n) is 3.93. The van der Waals surface area contributed by atoms with Gasteiger partial charge in [0.2, 0.25) is 0 Å². The Hall–Kier alpha value is -2.14. The van der Waals surface area contributed by atoms with Crippen LogP contribution in [0.5, 0.6) is 0 Å². The fraction of sp³-hybridized carbons (Fsp3) is 0.0833. The molecule has 3 rings (SSSR count). The van der Waals surface area contributed by atoms with E-state index in [1.165, 1.54) is 4.68 Å². The Morgan fingerprint density at radius 3 is 2.78 bits per heavy atom. The van der Waals surface area contributed by atoms with Gasteiger partial charge in [-0.15, -0.1) is 0 Å². The molecule has 1 N–H and O–H groups in total. The van der Waals surface area contributed by atoms with E-state index in [0.717, 1.165) is 5.56 Å². The first-order chi connectivity index (χ1) is 8.74. The second-order valence-corrected chi connectivity index (χ2v) is 4.37. The molecule has 0 amide bonds. The number of hydrogen-bond acceptors (Lipinski definition) is 3. The summed E-state index contributed by atoms with van der Waals surface area (Å²) in [6, 6.07) is 7.31. The van der Waals surface area contributed by atoms with Crippen LogP contribution in [0.4, 0.5) is 0 Å². The molecule has 5 nitrogen and oxygen atoms in total. The van der Waals surface area contributed by atoms with Gasteiger partial charge in [0.15, 0.2) is 0 Å². The van der Waals surface area contributed by atoms with Crippen LogP contribution in [0.25, 0.3) is 10.9 Å². The van der Waals surface area contributed by atoms with E-state index in [-0.39, 0.29) is 5.56 Å². The van der Waals surface area contributed by atoms with Crippen molar-refractivity contribution in [3.05, 3.63) is 57.6 Å². The smallest absolute Gasteiger partial charge is 0.272 e. The average Bonchev–Trinajstić information content (AvgIpc) is 2.84. The van der Waals surface area contributed by atoms with Gasteiger partial charge in [0, 0.05) is 10.4 Å². The lowest BCUT2D eigenvalue weighted by Gasteiger charge is -2.04. The lowest BCUT2D eigenvalue weighted by Crippen LogP contribution is -2.23. The van der Waals surface area contributed by atoms with Crippen molar-refractivity contribution in [3.63, 3.8) is 0 Å². The number of nitrogens with zero attached hydrogens (tertiary/aromatic N) is 3. The van der Waals surface area contributed by atoms with E-state index in [9.17, 15) is 4.79 Å². The van der Waals surface area contributed by atoms with E-state index in [4.69, 9.17) is 11.6 Å². The Bertz CT molecular complexity index is 745. The molecule has 0 aliphatic carbocycles. The van der Waals surface area contributed by atoms with Crippen molar-refractivity contribution in [2.24, 2.45) is 0 Å². The van der Waals surface area contributed by atoms with E-state index in [1.807, 2.05) is 12.1 Å². The van der Waals surface area contributed by atoms with Crippen molar-refractivity contribution >= 4 is 22.5 Å². The molecule has 6 heteroatoms. The molecular formula is C12H9ClN4O. The molecule has 2 heterocycles. The maximum absolute atomic E-state index is 12.1. The van der Waals surface area contributed by atoms with E-state index in [2.05, 4.69) is 15.3 Å². The summed E-state index contributed by atoms with van der Waals surface area (Å²) >= 11 is 5.81. The minimum absolute atomic E-state index is 0.181. The van der Waals surface area contributed by atoms with Crippen LogP contribution in [0.2, 0.25) is 5.02 Å². The van der Waals surface area contributed by atoms with Crippen molar-refractivity contribution in [2.45, 2.75) is 6.54 Å². The van der Waals surface area contributed by atoms with E-state index in [0.29, 0.717) is 22.5 Å². The van der Waals surface area contributed by atoms with Gasteiger partial charge in [-0.2, -0.15) is 10.2 Å². The molecule has 3 aromatic rings. The van der Waals surface area contributed by atoms with Gasteiger partial charge in [0.1, 0.15) is 5.52 Å². The van der Waals surface area contributed by atoms with E-state index >= 15 is 0 Å². The Morgan fingerprint density at radius 1 is 1.22 bits per heavy atom. The number of benzene rings is 1. The van der Waals surface area contributed by atoms with Gasteiger partial charge in [-0.3, -0.25) is 9.89 Å². The highest BCUT2D eigenvalue weighted by molar-refractivity contribution is 6.30. The highest BCUT2D eigenvalue weighted by atomic mass is 35.5. The highest BCUT2D eigenvalue weighted by Crippen LogP contribution is 2.10. The first-order valence-electron chi connectivity index (χ1n) is 5.38. The summed E-state index contributed by atoms with van der Waals surface area (Å²) in [6.07, 6.45) is 3.20. The molecule has 1 aromatic carbocycles. The van der Waals surface area contributed by atoms with Crippen molar-refractivity contribution in [3.8, 4) is 0 Å². The van der Waals surface area contributed by atoms with Gasteiger partial charge in [-0.1, -0.05) is 23.7 Å². The molecule has 0 unspecified atom stereocenters. The van der Waals surface area contributed by atoms with E-state index < -0.39 is 0 Å². The highest BCUT2D eigenvalue weighted by Gasteiger charge is 2.05. The largest absolute Gasteiger partial charge is 0.292 e. The van der Waals surface area contributed by atoms with E-state index in [1.54, 1.807) is 24.5 Å². The number of fused-ring (bicyclic) bond motifs is 1. The number of nitrogens with one attached hydrogen (secondary N) is 1. The van der Waals surface area contributed by atoms with Gasteiger partial charge in [-0.05, 0) is 17.7 Å². The monoisotopic (exact) mass is 260 g/mol. The quantitative estimate of drug-likeness (QED) is 0.764. The molecule has 0 aliphatic heterocycles. The summed E-state index contributed by atoms with van der Waals surface area (Å²) in [7, 11) is 0. The molecule has 0 spiro atoms. The number of aromatic amines is 1. The minimum atomic E-state index is -0.181. The number of hydrogen-bond donors (Lipinski definition) is 1. The molecule has 0 radical (unpaired) electrons. The lowest BCUT2D eigenvalue weighted by atomic mass is 10.2. The lowest BCUT2D eigenvalue weighted by molar-refractivity contribution is 0.646. The van der Waals surface area contributed by atoms with Crippen LogP contribution in [0.3, 0.4) is 0 Å². The predicted octanol–water partition coefficient (Wildman–Crippen LogP) is 1.82. The Labute approximate surface area is 107 Å². The Kier molecular flexibility index (Phi) is 2.60. The Balaban J connectivity index is 2.02.